The third-order valence-corrected chi connectivity index (χ3v) is 4.52. The van der Waals surface area contributed by atoms with Gasteiger partial charge < -0.3 is 10.1 Å². The highest BCUT2D eigenvalue weighted by atomic mass is 32.1. The van der Waals surface area contributed by atoms with Crippen LogP contribution in [-0.4, -0.2) is 43.7 Å². The van der Waals surface area contributed by atoms with E-state index in [1.54, 1.807) is 0 Å². The Hall–Kier alpha value is -1.69. The van der Waals surface area contributed by atoms with E-state index in [0.29, 0.717) is 0 Å². The average molecular weight is 316 g/mol. The molecule has 4 nitrogen and oxygen atoms in total. The Morgan fingerprint density at radius 2 is 2.00 bits per heavy atom. The minimum atomic E-state index is -0.0108. The van der Waals surface area contributed by atoms with Crippen molar-refractivity contribution in [3.05, 3.63) is 58.3 Å². The Morgan fingerprint density at radius 3 is 2.68 bits per heavy atom. The minimum absolute atomic E-state index is 0.00769. The van der Waals surface area contributed by atoms with E-state index in [0.717, 1.165) is 44.0 Å². The molecule has 0 spiro atoms. The van der Waals surface area contributed by atoms with Gasteiger partial charge in [0, 0.05) is 25.0 Å². The number of hydrogen-bond acceptors (Lipinski definition) is 4. The largest absolute Gasteiger partial charge is 0.379 e. The van der Waals surface area contributed by atoms with Crippen molar-refractivity contribution in [1.29, 1.82) is 0 Å². The zero-order valence-electron chi connectivity index (χ0n) is 12.4. The highest BCUT2D eigenvalue weighted by molar-refractivity contribution is 7.08. The van der Waals surface area contributed by atoms with Crippen molar-refractivity contribution in [2.75, 3.05) is 32.8 Å². The topological polar surface area (TPSA) is 41.6 Å². The summed E-state index contributed by atoms with van der Waals surface area (Å²) in [6, 6.07) is 12.0. The number of carbonyl (C=O) groups is 1. The molecule has 22 heavy (non-hydrogen) atoms. The summed E-state index contributed by atoms with van der Waals surface area (Å²) in [5.74, 6) is -0.0108. The van der Waals surface area contributed by atoms with Crippen LogP contribution in [0.1, 0.15) is 22.0 Å². The summed E-state index contributed by atoms with van der Waals surface area (Å²) in [6.07, 6.45) is 0. The molecule has 1 fully saturated rings. The van der Waals surface area contributed by atoms with Crippen LogP contribution in [-0.2, 0) is 4.74 Å². The molecule has 0 bridgehead atoms. The van der Waals surface area contributed by atoms with Crippen molar-refractivity contribution in [3.63, 3.8) is 0 Å². The van der Waals surface area contributed by atoms with Crippen molar-refractivity contribution >= 4 is 17.2 Å². The molecule has 1 aromatic heterocycles. The normalized spacial score (nSPS) is 17.1. The number of rotatable bonds is 5. The van der Waals surface area contributed by atoms with E-state index in [9.17, 15) is 4.79 Å². The van der Waals surface area contributed by atoms with Crippen LogP contribution in [0, 0.1) is 0 Å². The lowest BCUT2D eigenvalue weighted by molar-refractivity contribution is 0.0332. The van der Waals surface area contributed by atoms with E-state index in [1.807, 2.05) is 35.0 Å². The van der Waals surface area contributed by atoms with Crippen LogP contribution in [0.4, 0.5) is 0 Å². The number of nitrogens with zero attached hydrogens (tertiary/aromatic N) is 1. The van der Waals surface area contributed by atoms with Crippen molar-refractivity contribution < 1.29 is 9.53 Å². The van der Waals surface area contributed by atoms with Gasteiger partial charge in [-0.25, -0.2) is 0 Å². The highest BCUT2D eigenvalue weighted by Crippen LogP contribution is 2.17. The third-order valence-electron chi connectivity index (χ3n) is 3.84. The van der Waals surface area contributed by atoms with E-state index in [-0.39, 0.29) is 11.9 Å². The van der Waals surface area contributed by atoms with Crippen LogP contribution in [0.25, 0.3) is 0 Å². The second-order valence-corrected chi connectivity index (χ2v) is 6.14. The summed E-state index contributed by atoms with van der Waals surface area (Å²) in [5, 5.41) is 6.97. The quantitative estimate of drug-likeness (QED) is 0.922. The SMILES string of the molecule is O=C(NC(CN1CCOCC1)c1ccccc1)c1ccsc1. The summed E-state index contributed by atoms with van der Waals surface area (Å²) in [7, 11) is 0. The van der Waals surface area contributed by atoms with Gasteiger partial charge in [-0.2, -0.15) is 11.3 Å². The number of thiophene rings is 1. The maximum Gasteiger partial charge on any atom is 0.252 e. The van der Waals surface area contributed by atoms with Crippen LogP contribution in [0.15, 0.2) is 47.2 Å². The summed E-state index contributed by atoms with van der Waals surface area (Å²) in [5.41, 5.74) is 1.87. The smallest absolute Gasteiger partial charge is 0.252 e. The number of hydrogen-bond donors (Lipinski definition) is 1. The molecule has 2 aromatic rings. The Bertz CT molecular complexity index is 580. The number of ether oxygens (including phenoxy) is 1. The summed E-state index contributed by atoms with van der Waals surface area (Å²) in [4.78, 5) is 14.7. The fraction of sp³-hybridized carbons (Fsp3) is 0.353. The maximum absolute atomic E-state index is 12.4. The second-order valence-electron chi connectivity index (χ2n) is 5.36. The molecule has 0 aliphatic carbocycles. The molecule has 1 unspecified atom stereocenters. The molecule has 1 aliphatic rings. The monoisotopic (exact) mass is 316 g/mol. The first-order valence-corrected chi connectivity index (χ1v) is 8.45. The van der Waals surface area contributed by atoms with Gasteiger partial charge in [-0.05, 0) is 17.0 Å². The Balaban J connectivity index is 1.72. The van der Waals surface area contributed by atoms with Gasteiger partial charge >= 0.3 is 0 Å². The Labute approximate surface area is 134 Å². The number of benzene rings is 1. The van der Waals surface area contributed by atoms with Crippen molar-refractivity contribution in [3.8, 4) is 0 Å². The van der Waals surface area contributed by atoms with Crippen LogP contribution in [0.3, 0.4) is 0 Å². The third kappa shape index (κ3) is 3.94. The second kappa shape index (κ2) is 7.54. The molecule has 2 heterocycles. The first kappa shape index (κ1) is 15.2. The lowest BCUT2D eigenvalue weighted by Gasteiger charge is -2.31. The zero-order chi connectivity index (χ0) is 15.2. The van der Waals surface area contributed by atoms with Gasteiger partial charge in [0.05, 0.1) is 24.8 Å². The van der Waals surface area contributed by atoms with Gasteiger partial charge in [-0.3, -0.25) is 9.69 Å². The molecule has 1 N–H and O–H groups in total. The van der Waals surface area contributed by atoms with E-state index >= 15 is 0 Å². The van der Waals surface area contributed by atoms with E-state index in [2.05, 4.69) is 22.3 Å². The van der Waals surface area contributed by atoms with Gasteiger partial charge in [0.2, 0.25) is 0 Å². The zero-order valence-corrected chi connectivity index (χ0v) is 13.2. The lowest BCUT2D eigenvalue weighted by atomic mass is 10.1. The first-order chi connectivity index (χ1) is 10.8. The van der Waals surface area contributed by atoms with Crippen LogP contribution in [0.5, 0.6) is 0 Å². The van der Waals surface area contributed by atoms with Crippen molar-refractivity contribution in [2.45, 2.75) is 6.04 Å². The molecule has 0 saturated carbocycles. The fourth-order valence-corrected chi connectivity index (χ4v) is 3.23. The summed E-state index contributed by atoms with van der Waals surface area (Å²) < 4.78 is 5.40. The highest BCUT2D eigenvalue weighted by Gasteiger charge is 2.20. The van der Waals surface area contributed by atoms with Gasteiger partial charge in [0.25, 0.3) is 5.91 Å². The van der Waals surface area contributed by atoms with Gasteiger partial charge in [0.1, 0.15) is 0 Å². The Morgan fingerprint density at radius 1 is 1.23 bits per heavy atom. The number of carbonyl (C=O) groups excluding carboxylic acids is 1. The van der Waals surface area contributed by atoms with Crippen LogP contribution < -0.4 is 5.32 Å². The van der Waals surface area contributed by atoms with Gasteiger partial charge in [-0.1, -0.05) is 30.3 Å². The molecular formula is C17H20N2O2S. The molecule has 1 aromatic carbocycles. The molecule has 116 valence electrons. The summed E-state index contributed by atoms with van der Waals surface area (Å²) >= 11 is 1.54. The lowest BCUT2D eigenvalue weighted by Crippen LogP contribution is -2.43. The molecular weight excluding hydrogens is 296 g/mol. The number of amides is 1. The number of nitrogens with one attached hydrogen (secondary N) is 1. The van der Waals surface area contributed by atoms with Crippen LogP contribution >= 0.6 is 11.3 Å². The van der Waals surface area contributed by atoms with Crippen LogP contribution in [0.2, 0.25) is 0 Å². The van der Waals surface area contributed by atoms with E-state index in [1.165, 1.54) is 11.3 Å². The Kier molecular flexibility index (Phi) is 5.21. The molecule has 3 rings (SSSR count). The predicted octanol–water partition coefficient (Wildman–Crippen LogP) is 2.55. The molecule has 5 heteroatoms. The van der Waals surface area contributed by atoms with E-state index < -0.39 is 0 Å². The predicted molar refractivity (Wildman–Crippen MR) is 88.2 cm³/mol. The molecule has 1 aliphatic heterocycles. The first-order valence-electron chi connectivity index (χ1n) is 7.51. The van der Waals surface area contributed by atoms with Gasteiger partial charge in [-0.15, -0.1) is 0 Å². The van der Waals surface area contributed by atoms with Crippen molar-refractivity contribution in [1.82, 2.24) is 10.2 Å². The molecule has 1 amide bonds. The van der Waals surface area contributed by atoms with Gasteiger partial charge in [0.15, 0.2) is 0 Å². The fourth-order valence-electron chi connectivity index (χ4n) is 2.60. The minimum Gasteiger partial charge on any atom is -0.379 e. The molecule has 0 radical (unpaired) electrons. The average Bonchev–Trinajstić information content (AvgIpc) is 3.11. The summed E-state index contributed by atoms with van der Waals surface area (Å²) in [6.45, 7) is 4.17. The molecule has 1 saturated heterocycles. The number of morpholine rings is 1. The molecule has 1 atom stereocenters. The maximum atomic E-state index is 12.4. The standard InChI is InChI=1S/C17H20N2O2S/c20-17(15-6-11-22-13-15)18-16(14-4-2-1-3-5-14)12-19-7-9-21-10-8-19/h1-6,11,13,16H,7-10,12H2,(H,18,20). The van der Waals surface area contributed by atoms with Crippen molar-refractivity contribution in [2.24, 2.45) is 0 Å². The van der Waals surface area contributed by atoms with E-state index in [4.69, 9.17) is 4.74 Å².